The minimum Gasteiger partial charge on any atom is -0.493 e. The van der Waals surface area contributed by atoms with Gasteiger partial charge in [0.1, 0.15) is 23.0 Å². The lowest BCUT2D eigenvalue weighted by atomic mass is 10.1. The third-order valence-corrected chi connectivity index (χ3v) is 6.34. The number of aromatic nitrogens is 1. The number of ether oxygens (including phenoxy) is 1. The van der Waals surface area contributed by atoms with Crippen LogP contribution in [0.15, 0.2) is 59.0 Å². The van der Waals surface area contributed by atoms with Crippen LogP contribution in [0.2, 0.25) is 0 Å². The van der Waals surface area contributed by atoms with Gasteiger partial charge in [0.15, 0.2) is 0 Å². The summed E-state index contributed by atoms with van der Waals surface area (Å²) in [6, 6.07) is 14.4. The number of carbonyl (C=O) groups excluding carboxylic acids is 3. The number of carbonyl (C=O) groups is 3. The van der Waals surface area contributed by atoms with Crippen molar-refractivity contribution in [3.8, 4) is 16.3 Å². The summed E-state index contributed by atoms with van der Waals surface area (Å²) < 4.78 is 5.56. The smallest absolute Gasteiger partial charge is 0.344 e. The van der Waals surface area contributed by atoms with Gasteiger partial charge in [-0.3, -0.25) is 14.9 Å². The van der Waals surface area contributed by atoms with Crippen LogP contribution in [0.5, 0.6) is 5.75 Å². The number of fused-ring (bicyclic) bond motifs is 1. The standard InChI is InChI=1S/C24H21N5O4S/c30-21-13-29(24(32)28-21)25-12-18(10-15-4-2-1-3-5-15)26-22(31)19-14-34-23(27-19)17-6-7-20-16(11-17)8-9-33-20/h1-7,11-12,14,18H,8-10,13H2,(H,26,31)(H,28,30,32). The van der Waals surface area contributed by atoms with E-state index in [2.05, 4.69) is 26.8 Å². The monoisotopic (exact) mass is 475 g/mol. The topological polar surface area (TPSA) is 113 Å². The quantitative estimate of drug-likeness (QED) is 0.403. The summed E-state index contributed by atoms with van der Waals surface area (Å²) in [6.45, 7) is 0.532. The zero-order valence-electron chi connectivity index (χ0n) is 18.1. The Labute approximate surface area is 199 Å². The molecule has 0 saturated carbocycles. The molecule has 1 saturated heterocycles. The molecule has 10 heteroatoms. The van der Waals surface area contributed by atoms with E-state index in [0.29, 0.717) is 18.7 Å². The van der Waals surface area contributed by atoms with Crippen molar-refractivity contribution in [2.24, 2.45) is 5.10 Å². The highest BCUT2D eigenvalue weighted by molar-refractivity contribution is 7.13. The van der Waals surface area contributed by atoms with Gasteiger partial charge in [-0.25, -0.2) is 14.8 Å². The number of urea groups is 1. The van der Waals surface area contributed by atoms with Crippen LogP contribution in [-0.4, -0.2) is 53.2 Å². The molecular formula is C24H21N5O4S. The van der Waals surface area contributed by atoms with Crippen molar-refractivity contribution in [2.75, 3.05) is 13.2 Å². The zero-order chi connectivity index (χ0) is 23.5. The fraction of sp³-hybridized carbons (Fsp3) is 0.208. The second-order valence-corrected chi connectivity index (χ2v) is 8.76. The predicted octanol–water partition coefficient (Wildman–Crippen LogP) is 2.62. The molecule has 0 bridgehead atoms. The van der Waals surface area contributed by atoms with Crippen LogP contribution < -0.4 is 15.4 Å². The maximum Gasteiger partial charge on any atom is 0.344 e. The summed E-state index contributed by atoms with van der Waals surface area (Å²) in [6.07, 6.45) is 2.79. The first-order chi connectivity index (χ1) is 16.5. The molecule has 1 atom stereocenters. The SMILES string of the molecule is O=C1CN(N=CC(Cc2ccccc2)NC(=O)c2csc(-c3ccc4c(c3)CCO4)n2)C(=O)N1. The first-order valence-electron chi connectivity index (χ1n) is 10.8. The minimum atomic E-state index is -0.588. The van der Waals surface area contributed by atoms with Crippen LogP contribution in [0.25, 0.3) is 10.6 Å². The Balaban J connectivity index is 1.32. The summed E-state index contributed by atoms with van der Waals surface area (Å²) in [7, 11) is 0. The highest BCUT2D eigenvalue weighted by Gasteiger charge is 2.26. The van der Waals surface area contributed by atoms with E-state index in [0.717, 1.165) is 38.9 Å². The van der Waals surface area contributed by atoms with Crippen LogP contribution in [0.4, 0.5) is 4.79 Å². The summed E-state index contributed by atoms with van der Waals surface area (Å²) in [5, 5.41) is 12.7. The largest absolute Gasteiger partial charge is 0.493 e. The van der Waals surface area contributed by atoms with Gasteiger partial charge in [0.2, 0.25) is 5.91 Å². The molecule has 2 aliphatic rings. The second-order valence-electron chi connectivity index (χ2n) is 7.90. The number of imide groups is 1. The van der Waals surface area contributed by atoms with E-state index in [1.54, 1.807) is 5.38 Å². The van der Waals surface area contributed by atoms with Crippen molar-refractivity contribution < 1.29 is 19.1 Å². The van der Waals surface area contributed by atoms with Crippen LogP contribution in [0, 0.1) is 0 Å². The molecule has 3 heterocycles. The molecule has 0 radical (unpaired) electrons. The Bertz CT molecular complexity index is 1270. The van der Waals surface area contributed by atoms with Gasteiger partial charge in [0.05, 0.1) is 12.6 Å². The Morgan fingerprint density at radius 3 is 2.91 bits per heavy atom. The first kappa shape index (κ1) is 21.8. The number of rotatable bonds is 7. The number of nitrogens with zero attached hydrogens (tertiary/aromatic N) is 3. The van der Waals surface area contributed by atoms with Crippen LogP contribution in [0.1, 0.15) is 21.6 Å². The van der Waals surface area contributed by atoms with E-state index < -0.39 is 18.0 Å². The number of thiazole rings is 1. The maximum absolute atomic E-state index is 13.0. The van der Waals surface area contributed by atoms with Crippen molar-refractivity contribution in [3.63, 3.8) is 0 Å². The highest BCUT2D eigenvalue weighted by atomic mass is 32.1. The lowest BCUT2D eigenvalue weighted by Gasteiger charge is -2.15. The second kappa shape index (κ2) is 9.44. The summed E-state index contributed by atoms with van der Waals surface area (Å²) >= 11 is 1.40. The lowest BCUT2D eigenvalue weighted by molar-refractivity contribution is -0.118. The highest BCUT2D eigenvalue weighted by Crippen LogP contribution is 2.31. The molecule has 34 heavy (non-hydrogen) atoms. The molecule has 4 amide bonds. The number of benzene rings is 2. The molecule has 3 aromatic rings. The molecule has 5 rings (SSSR count). The van der Waals surface area contributed by atoms with Gasteiger partial charge in [-0.1, -0.05) is 30.3 Å². The molecule has 0 spiro atoms. The van der Waals surface area contributed by atoms with Gasteiger partial charge in [-0.2, -0.15) is 5.10 Å². The van der Waals surface area contributed by atoms with Crippen molar-refractivity contribution in [3.05, 3.63) is 70.7 Å². The van der Waals surface area contributed by atoms with E-state index in [9.17, 15) is 14.4 Å². The average Bonchev–Trinajstić information content (AvgIpc) is 3.57. The van der Waals surface area contributed by atoms with E-state index in [-0.39, 0.29) is 12.5 Å². The van der Waals surface area contributed by atoms with E-state index in [4.69, 9.17) is 4.74 Å². The number of nitrogens with one attached hydrogen (secondary N) is 2. The van der Waals surface area contributed by atoms with Crippen LogP contribution >= 0.6 is 11.3 Å². The molecule has 9 nitrogen and oxygen atoms in total. The molecule has 1 unspecified atom stereocenters. The third kappa shape index (κ3) is 4.81. The lowest BCUT2D eigenvalue weighted by Crippen LogP contribution is -2.38. The molecule has 0 aliphatic carbocycles. The van der Waals surface area contributed by atoms with Gasteiger partial charge in [-0.05, 0) is 35.7 Å². The van der Waals surface area contributed by atoms with Crippen LogP contribution in [0.3, 0.4) is 0 Å². The average molecular weight is 476 g/mol. The van der Waals surface area contributed by atoms with Gasteiger partial charge in [0, 0.05) is 23.6 Å². The number of hydrogen-bond acceptors (Lipinski definition) is 7. The Hall–Kier alpha value is -4.05. The van der Waals surface area contributed by atoms with Crippen LogP contribution in [-0.2, 0) is 17.6 Å². The predicted molar refractivity (Wildman–Crippen MR) is 127 cm³/mol. The van der Waals surface area contributed by atoms with Crippen molar-refractivity contribution >= 4 is 35.4 Å². The van der Waals surface area contributed by atoms with E-state index in [1.165, 1.54) is 17.6 Å². The molecule has 2 aliphatic heterocycles. The number of amides is 4. The Morgan fingerprint density at radius 2 is 2.12 bits per heavy atom. The van der Waals surface area contributed by atoms with Crippen molar-refractivity contribution in [2.45, 2.75) is 18.9 Å². The van der Waals surface area contributed by atoms with Gasteiger partial charge in [-0.15, -0.1) is 11.3 Å². The first-order valence-corrected chi connectivity index (χ1v) is 11.6. The van der Waals surface area contributed by atoms with Crippen molar-refractivity contribution in [1.82, 2.24) is 20.6 Å². The fourth-order valence-electron chi connectivity index (χ4n) is 3.77. The Morgan fingerprint density at radius 1 is 1.26 bits per heavy atom. The number of hydrogen-bond donors (Lipinski definition) is 2. The van der Waals surface area contributed by atoms with Gasteiger partial charge < -0.3 is 10.1 Å². The molecule has 1 fully saturated rings. The summed E-state index contributed by atoms with van der Waals surface area (Å²) in [4.78, 5) is 40.7. The number of hydrazone groups is 1. The zero-order valence-corrected chi connectivity index (χ0v) is 18.9. The van der Waals surface area contributed by atoms with E-state index >= 15 is 0 Å². The Kier molecular flexibility index (Phi) is 6.05. The normalized spacial score (nSPS) is 15.8. The maximum atomic E-state index is 13.0. The van der Waals surface area contributed by atoms with Gasteiger partial charge >= 0.3 is 6.03 Å². The third-order valence-electron chi connectivity index (χ3n) is 5.45. The molecule has 1 aromatic heterocycles. The van der Waals surface area contributed by atoms with E-state index in [1.807, 2.05) is 42.5 Å². The molecule has 2 aromatic carbocycles. The molecule has 172 valence electrons. The van der Waals surface area contributed by atoms with Gasteiger partial charge in [0.25, 0.3) is 5.91 Å². The summed E-state index contributed by atoms with van der Waals surface area (Å²) in [5.41, 5.74) is 3.38. The molecular weight excluding hydrogens is 454 g/mol. The van der Waals surface area contributed by atoms with Crippen molar-refractivity contribution in [1.29, 1.82) is 0 Å². The fourth-order valence-corrected chi connectivity index (χ4v) is 4.56. The summed E-state index contributed by atoms with van der Waals surface area (Å²) in [5.74, 6) is 0.134. The minimum absolute atomic E-state index is 0.150. The molecule has 2 N–H and O–H groups in total.